The van der Waals surface area contributed by atoms with Gasteiger partial charge in [0.15, 0.2) is 0 Å². The lowest BCUT2D eigenvalue weighted by Gasteiger charge is -2.10. The summed E-state index contributed by atoms with van der Waals surface area (Å²) in [4.78, 5) is 0. The van der Waals surface area contributed by atoms with Gasteiger partial charge in [0.05, 0.1) is 7.14 Å². The lowest BCUT2D eigenvalue weighted by atomic mass is 10.1. The van der Waals surface area contributed by atoms with Crippen molar-refractivity contribution in [3.05, 3.63) is 35.4 Å². The molecule has 0 unspecified atom stereocenters. The maximum atomic E-state index is 11.7. The minimum absolute atomic E-state index is 0.506. The van der Waals surface area contributed by atoms with Crippen molar-refractivity contribution in [3.8, 4) is 0 Å². The Morgan fingerprint density at radius 2 is 1.62 bits per heavy atom. The molecule has 0 spiro atoms. The van der Waals surface area contributed by atoms with Crippen molar-refractivity contribution >= 4 is 7.14 Å². The van der Waals surface area contributed by atoms with Crippen LogP contribution in [0.15, 0.2) is 24.3 Å². The van der Waals surface area contributed by atoms with Crippen LogP contribution >= 0.6 is 7.14 Å². The van der Waals surface area contributed by atoms with Crippen LogP contribution in [0.5, 0.6) is 0 Å². The van der Waals surface area contributed by atoms with E-state index in [9.17, 15) is 4.57 Å². The lowest BCUT2D eigenvalue weighted by molar-refractivity contribution is 0.582. The van der Waals surface area contributed by atoms with Crippen LogP contribution in [0.25, 0.3) is 0 Å². The van der Waals surface area contributed by atoms with Gasteiger partial charge in [0, 0.05) is 18.7 Å². The zero-order valence-corrected chi connectivity index (χ0v) is 11.6. The van der Waals surface area contributed by atoms with E-state index in [1.165, 1.54) is 11.1 Å². The smallest absolute Gasteiger partial charge is 0.0861 e. The summed E-state index contributed by atoms with van der Waals surface area (Å²) >= 11 is 0. The van der Waals surface area contributed by atoms with E-state index in [1.807, 2.05) is 13.3 Å². The molecule has 0 radical (unpaired) electrons. The predicted molar refractivity (Wildman–Crippen MR) is 71.6 cm³/mol. The van der Waals surface area contributed by atoms with Gasteiger partial charge >= 0.3 is 0 Å². The van der Waals surface area contributed by atoms with Gasteiger partial charge in [-0.25, -0.2) is 0 Å². The van der Waals surface area contributed by atoms with E-state index in [-0.39, 0.29) is 0 Å². The Bertz CT molecular complexity index is 364. The fraction of sp³-hybridized carbons (Fsp3) is 0.538. The maximum absolute atomic E-state index is 11.7. The van der Waals surface area contributed by atoms with Crippen molar-refractivity contribution in [1.29, 1.82) is 0 Å². The molecule has 2 nitrogen and oxygen atoms in total. The van der Waals surface area contributed by atoms with E-state index >= 15 is 0 Å². The van der Waals surface area contributed by atoms with Gasteiger partial charge in [-0.3, -0.25) is 0 Å². The average Bonchev–Trinajstić information content (AvgIpc) is 2.14. The molecule has 3 heteroatoms. The highest BCUT2D eigenvalue weighted by Gasteiger charge is 2.07. The standard InChI is InChI=1S/C13H22NOP/c1-11(2)14-9-12-5-7-13(8-6-12)10-16(3,4)15/h5-8,11,14H,9-10H2,1-4H3. The summed E-state index contributed by atoms with van der Waals surface area (Å²) in [7, 11) is -1.95. The van der Waals surface area contributed by atoms with Crippen LogP contribution in [-0.2, 0) is 17.3 Å². The van der Waals surface area contributed by atoms with Crippen molar-refractivity contribution in [2.45, 2.75) is 32.6 Å². The van der Waals surface area contributed by atoms with Gasteiger partial charge in [0.25, 0.3) is 0 Å². The zero-order valence-electron chi connectivity index (χ0n) is 10.7. The van der Waals surface area contributed by atoms with Gasteiger partial charge in [-0.1, -0.05) is 38.1 Å². The van der Waals surface area contributed by atoms with Gasteiger partial charge in [-0.15, -0.1) is 0 Å². The summed E-state index contributed by atoms with van der Waals surface area (Å²) in [5.74, 6) is 0. The highest BCUT2D eigenvalue weighted by atomic mass is 31.2. The fourth-order valence-electron chi connectivity index (χ4n) is 1.52. The lowest BCUT2D eigenvalue weighted by Crippen LogP contribution is -2.21. The number of hydrogen-bond donors (Lipinski definition) is 1. The Kier molecular flexibility index (Phi) is 4.76. The van der Waals surface area contributed by atoms with Gasteiger partial charge < -0.3 is 9.88 Å². The summed E-state index contributed by atoms with van der Waals surface area (Å²) in [5.41, 5.74) is 2.45. The minimum Gasteiger partial charge on any atom is -0.324 e. The first kappa shape index (κ1) is 13.5. The molecule has 1 rings (SSSR count). The number of hydrogen-bond acceptors (Lipinski definition) is 2. The molecule has 0 fully saturated rings. The van der Waals surface area contributed by atoms with Crippen LogP contribution in [0.1, 0.15) is 25.0 Å². The SMILES string of the molecule is CC(C)NCc1ccc(CP(C)(C)=O)cc1. The van der Waals surface area contributed by atoms with Crippen LogP contribution in [-0.4, -0.2) is 19.4 Å². The Hall–Kier alpha value is -0.590. The van der Waals surface area contributed by atoms with Crippen molar-refractivity contribution in [3.63, 3.8) is 0 Å². The normalized spacial score (nSPS) is 12.1. The largest absolute Gasteiger partial charge is 0.324 e. The quantitative estimate of drug-likeness (QED) is 0.799. The fourth-order valence-corrected chi connectivity index (χ4v) is 2.61. The van der Waals surface area contributed by atoms with Crippen LogP contribution < -0.4 is 5.32 Å². The number of rotatable bonds is 5. The zero-order chi connectivity index (χ0) is 12.2. The summed E-state index contributed by atoms with van der Waals surface area (Å²) in [6.07, 6.45) is 0.699. The minimum atomic E-state index is -1.95. The van der Waals surface area contributed by atoms with E-state index in [0.717, 1.165) is 6.54 Å². The van der Waals surface area contributed by atoms with E-state index in [2.05, 4.69) is 43.4 Å². The van der Waals surface area contributed by atoms with Crippen molar-refractivity contribution in [2.24, 2.45) is 0 Å². The van der Waals surface area contributed by atoms with E-state index in [1.54, 1.807) is 0 Å². The Morgan fingerprint density at radius 1 is 1.12 bits per heavy atom. The summed E-state index contributed by atoms with van der Waals surface area (Å²) in [5, 5.41) is 3.37. The second-order valence-corrected chi connectivity index (χ2v) is 8.55. The third kappa shape index (κ3) is 5.48. The predicted octanol–water partition coefficient (Wildman–Crippen LogP) is 3.31. The molecule has 0 saturated heterocycles. The topological polar surface area (TPSA) is 29.1 Å². The van der Waals surface area contributed by atoms with Crippen molar-refractivity contribution in [1.82, 2.24) is 5.32 Å². The van der Waals surface area contributed by atoms with Gasteiger partial charge in [-0.05, 0) is 24.5 Å². The molecule has 0 aliphatic carbocycles. The third-order valence-electron chi connectivity index (χ3n) is 2.30. The molecule has 0 aliphatic heterocycles. The van der Waals surface area contributed by atoms with Crippen LogP contribution in [0.3, 0.4) is 0 Å². The second kappa shape index (κ2) is 5.65. The van der Waals surface area contributed by atoms with Crippen LogP contribution in [0.4, 0.5) is 0 Å². The monoisotopic (exact) mass is 239 g/mol. The van der Waals surface area contributed by atoms with Crippen molar-refractivity contribution in [2.75, 3.05) is 13.3 Å². The molecule has 0 aromatic heterocycles. The van der Waals surface area contributed by atoms with Crippen LogP contribution in [0, 0.1) is 0 Å². The molecule has 0 atom stereocenters. The first-order chi connectivity index (χ1) is 7.37. The first-order valence-corrected chi connectivity index (χ1v) is 8.51. The van der Waals surface area contributed by atoms with Gasteiger partial charge in [-0.2, -0.15) is 0 Å². The molecular weight excluding hydrogens is 217 g/mol. The molecule has 1 N–H and O–H groups in total. The molecule has 1 aromatic rings. The molecule has 16 heavy (non-hydrogen) atoms. The van der Waals surface area contributed by atoms with Crippen molar-refractivity contribution < 1.29 is 4.57 Å². The molecule has 0 aliphatic rings. The molecular formula is C13H22NOP. The highest BCUT2D eigenvalue weighted by Crippen LogP contribution is 2.40. The Balaban J connectivity index is 2.58. The van der Waals surface area contributed by atoms with E-state index < -0.39 is 7.14 Å². The summed E-state index contributed by atoms with van der Waals surface area (Å²) < 4.78 is 11.7. The molecule has 0 amide bonds. The maximum Gasteiger partial charge on any atom is 0.0861 e. The number of nitrogens with one attached hydrogen (secondary N) is 1. The first-order valence-electron chi connectivity index (χ1n) is 5.72. The molecule has 90 valence electrons. The van der Waals surface area contributed by atoms with E-state index in [0.29, 0.717) is 12.2 Å². The molecule has 0 saturated carbocycles. The summed E-state index contributed by atoms with van der Waals surface area (Å²) in [6.45, 7) is 8.84. The average molecular weight is 239 g/mol. The highest BCUT2D eigenvalue weighted by molar-refractivity contribution is 7.61. The van der Waals surface area contributed by atoms with Gasteiger partial charge in [0.1, 0.15) is 0 Å². The number of benzene rings is 1. The molecule has 1 aromatic carbocycles. The van der Waals surface area contributed by atoms with Crippen LogP contribution in [0.2, 0.25) is 0 Å². The van der Waals surface area contributed by atoms with E-state index in [4.69, 9.17) is 0 Å². The second-order valence-electron chi connectivity index (χ2n) is 5.08. The summed E-state index contributed by atoms with van der Waals surface area (Å²) in [6, 6.07) is 8.89. The molecule has 0 heterocycles. The third-order valence-corrected chi connectivity index (χ3v) is 3.43. The van der Waals surface area contributed by atoms with Gasteiger partial charge in [0.2, 0.25) is 0 Å². The Labute approximate surface area is 98.8 Å². The Morgan fingerprint density at radius 3 is 2.06 bits per heavy atom. The molecule has 0 bridgehead atoms.